The van der Waals surface area contributed by atoms with Crippen molar-refractivity contribution in [2.24, 2.45) is 5.92 Å². The van der Waals surface area contributed by atoms with Gasteiger partial charge in [-0.1, -0.05) is 25.1 Å². The van der Waals surface area contributed by atoms with Gasteiger partial charge in [-0.25, -0.2) is 0 Å². The molecule has 2 aromatic rings. The molecule has 0 bridgehead atoms. The van der Waals surface area contributed by atoms with Crippen LogP contribution in [0.4, 0.5) is 11.5 Å². The van der Waals surface area contributed by atoms with Crippen LogP contribution in [0.5, 0.6) is 0 Å². The van der Waals surface area contributed by atoms with Gasteiger partial charge in [0.05, 0.1) is 0 Å². The van der Waals surface area contributed by atoms with Gasteiger partial charge >= 0.3 is 0 Å². The van der Waals surface area contributed by atoms with Crippen LogP contribution < -0.4 is 4.90 Å². The number of likely N-dealkylation sites (tertiary alicyclic amines) is 1. The van der Waals surface area contributed by atoms with Crippen molar-refractivity contribution in [3.8, 4) is 0 Å². The van der Waals surface area contributed by atoms with E-state index in [1.807, 2.05) is 41.3 Å². The molecule has 5 heteroatoms. The van der Waals surface area contributed by atoms with Crippen LogP contribution in [0.25, 0.3) is 0 Å². The first kappa shape index (κ1) is 16.4. The first-order valence-electron chi connectivity index (χ1n) is 8.64. The summed E-state index contributed by atoms with van der Waals surface area (Å²) < 4.78 is 0. The average Bonchev–Trinajstić information content (AvgIpc) is 2.64. The second-order valence-corrected chi connectivity index (χ2v) is 6.33. The summed E-state index contributed by atoms with van der Waals surface area (Å²) in [7, 11) is 0. The summed E-state index contributed by atoms with van der Waals surface area (Å²) in [5, 5.41) is 8.47. The van der Waals surface area contributed by atoms with Gasteiger partial charge < -0.3 is 9.80 Å². The van der Waals surface area contributed by atoms with Gasteiger partial charge in [-0.2, -0.15) is 0 Å². The van der Waals surface area contributed by atoms with Gasteiger partial charge in [-0.3, -0.25) is 4.79 Å². The number of benzene rings is 1. The van der Waals surface area contributed by atoms with Gasteiger partial charge in [-0.15, -0.1) is 10.2 Å². The van der Waals surface area contributed by atoms with Crippen LogP contribution in [0.2, 0.25) is 0 Å². The molecule has 0 unspecified atom stereocenters. The number of anilines is 2. The lowest BCUT2D eigenvalue weighted by atomic mass is 9.99. The van der Waals surface area contributed by atoms with Crippen molar-refractivity contribution in [3.63, 3.8) is 0 Å². The van der Waals surface area contributed by atoms with E-state index in [9.17, 15) is 4.79 Å². The van der Waals surface area contributed by atoms with Crippen molar-refractivity contribution in [1.82, 2.24) is 15.1 Å². The number of hydrogen-bond acceptors (Lipinski definition) is 4. The normalized spacial score (nSPS) is 15.3. The maximum Gasteiger partial charge on any atom is 0.274 e. The van der Waals surface area contributed by atoms with Crippen molar-refractivity contribution in [2.75, 3.05) is 24.5 Å². The first-order valence-corrected chi connectivity index (χ1v) is 8.64. The Hall–Kier alpha value is -2.43. The van der Waals surface area contributed by atoms with Crippen LogP contribution in [0, 0.1) is 5.92 Å². The molecule has 0 atom stereocenters. The summed E-state index contributed by atoms with van der Waals surface area (Å²) in [4.78, 5) is 16.5. The number of rotatable bonds is 4. The maximum absolute atomic E-state index is 12.5. The molecule has 0 spiro atoms. The van der Waals surface area contributed by atoms with Gasteiger partial charge in [0.25, 0.3) is 5.91 Å². The molecule has 1 fully saturated rings. The van der Waals surface area contributed by atoms with E-state index in [4.69, 9.17) is 0 Å². The van der Waals surface area contributed by atoms with Crippen LogP contribution in [-0.2, 0) is 0 Å². The summed E-state index contributed by atoms with van der Waals surface area (Å²) in [6.45, 7) is 6.72. The van der Waals surface area contributed by atoms with E-state index in [1.165, 1.54) is 0 Å². The number of piperidine rings is 1. The van der Waals surface area contributed by atoms with Gasteiger partial charge in [0.1, 0.15) is 0 Å². The van der Waals surface area contributed by atoms with Crippen molar-refractivity contribution in [1.29, 1.82) is 0 Å². The lowest BCUT2D eigenvalue weighted by Gasteiger charge is -2.30. The molecule has 1 aliphatic heterocycles. The van der Waals surface area contributed by atoms with Gasteiger partial charge in [-0.05, 0) is 49.9 Å². The van der Waals surface area contributed by atoms with Crippen molar-refractivity contribution < 1.29 is 4.79 Å². The minimum atomic E-state index is -0.0105. The van der Waals surface area contributed by atoms with E-state index in [1.54, 1.807) is 6.07 Å². The van der Waals surface area contributed by atoms with Crippen molar-refractivity contribution in [2.45, 2.75) is 26.7 Å². The Bertz CT molecular complexity index is 664. The predicted octanol–water partition coefficient (Wildman–Crippen LogP) is 3.51. The number of hydrogen-bond donors (Lipinski definition) is 0. The number of carbonyl (C=O) groups excluding carboxylic acids is 1. The van der Waals surface area contributed by atoms with E-state index in [2.05, 4.69) is 28.9 Å². The zero-order valence-electron chi connectivity index (χ0n) is 14.4. The van der Waals surface area contributed by atoms with E-state index in [-0.39, 0.29) is 5.91 Å². The van der Waals surface area contributed by atoms with Gasteiger partial charge in [0.15, 0.2) is 11.5 Å². The largest absolute Gasteiger partial charge is 0.337 e. The van der Waals surface area contributed by atoms with Crippen LogP contribution in [-0.4, -0.2) is 40.6 Å². The second kappa shape index (κ2) is 7.43. The Morgan fingerprint density at radius 1 is 1.12 bits per heavy atom. The summed E-state index contributed by atoms with van der Waals surface area (Å²) in [5.74, 6) is 1.45. The number of nitrogens with zero attached hydrogens (tertiary/aromatic N) is 4. The highest BCUT2D eigenvalue weighted by Crippen LogP contribution is 2.23. The average molecular weight is 324 g/mol. The molecular formula is C19H24N4O. The molecule has 3 rings (SSSR count). The topological polar surface area (TPSA) is 49.3 Å². The smallest absolute Gasteiger partial charge is 0.274 e. The van der Waals surface area contributed by atoms with Crippen LogP contribution in [0.1, 0.15) is 37.2 Å². The third kappa shape index (κ3) is 3.55. The number of amides is 1. The molecule has 5 nitrogen and oxygen atoms in total. The van der Waals surface area contributed by atoms with Crippen LogP contribution >= 0.6 is 0 Å². The summed E-state index contributed by atoms with van der Waals surface area (Å²) in [6.07, 6.45) is 2.13. The molecule has 1 amide bonds. The fourth-order valence-corrected chi connectivity index (χ4v) is 3.04. The highest BCUT2D eigenvalue weighted by Gasteiger charge is 2.22. The Morgan fingerprint density at radius 2 is 1.83 bits per heavy atom. The zero-order chi connectivity index (χ0) is 16.9. The van der Waals surface area contributed by atoms with E-state index in [0.717, 1.165) is 44.0 Å². The van der Waals surface area contributed by atoms with Crippen LogP contribution in [0.15, 0.2) is 42.5 Å². The summed E-state index contributed by atoms with van der Waals surface area (Å²) in [5.41, 5.74) is 1.50. The number of carbonyl (C=O) groups is 1. The minimum absolute atomic E-state index is 0.0105. The Balaban J connectivity index is 1.74. The molecule has 1 aliphatic rings. The molecule has 24 heavy (non-hydrogen) atoms. The predicted molar refractivity (Wildman–Crippen MR) is 95.5 cm³/mol. The van der Waals surface area contributed by atoms with E-state index < -0.39 is 0 Å². The SMILES string of the molecule is CCN(c1ccccc1)c1ccc(C(=O)N2CCC(C)CC2)nn1. The highest BCUT2D eigenvalue weighted by atomic mass is 16.2. The molecule has 126 valence electrons. The molecule has 0 saturated carbocycles. The fourth-order valence-electron chi connectivity index (χ4n) is 3.04. The van der Waals surface area contributed by atoms with Gasteiger partial charge in [0.2, 0.25) is 0 Å². The van der Waals surface area contributed by atoms with Crippen LogP contribution in [0.3, 0.4) is 0 Å². The molecule has 1 saturated heterocycles. The highest BCUT2D eigenvalue weighted by molar-refractivity contribution is 5.92. The van der Waals surface area contributed by atoms with Gasteiger partial charge in [0, 0.05) is 25.3 Å². The Kier molecular flexibility index (Phi) is 5.08. The molecular weight excluding hydrogens is 300 g/mol. The van der Waals surface area contributed by atoms with Crippen molar-refractivity contribution >= 4 is 17.4 Å². The minimum Gasteiger partial charge on any atom is -0.337 e. The third-order valence-corrected chi connectivity index (χ3v) is 4.60. The van der Waals surface area contributed by atoms with Crippen molar-refractivity contribution in [3.05, 3.63) is 48.2 Å². The summed E-state index contributed by atoms with van der Waals surface area (Å²) in [6, 6.07) is 13.7. The quantitative estimate of drug-likeness (QED) is 0.863. The standard InChI is InChI=1S/C19H24N4O/c1-3-23(16-7-5-4-6-8-16)18-10-9-17(20-21-18)19(24)22-13-11-15(2)12-14-22/h4-10,15H,3,11-14H2,1-2H3. The Labute approximate surface area is 143 Å². The fraction of sp³-hybridized carbons (Fsp3) is 0.421. The maximum atomic E-state index is 12.5. The number of aromatic nitrogens is 2. The molecule has 0 aliphatic carbocycles. The van der Waals surface area contributed by atoms with E-state index in [0.29, 0.717) is 11.6 Å². The molecule has 1 aromatic carbocycles. The molecule has 1 aromatic heterocycles. The molecule has 2 heterocycles. The molecule has 0 N–H and O–H groups in total. The van der Waals surface area contributed by atoms with E-state index >= 15 is 0 Å². The third-order valence-electron chi connectivity index (χ3n) is 4.60. The number of para-hydroxylation sites is 1. The monoisotopic (exact) mass is 324 g/mol. The second-order valence-electron chi connectivity index (χ2n) is 6.33. The Morgan fingerprint density at radius 3 is 2.42 bits per heavy atom. The zero-order valence-corrected chi connectivity index (χ0v) is 14.4. The summed E-state index contributed by atoms with van der Waals surface area (Å²) >= 11 is 0. The first-order chi connectivity index (χ1) is 11.7. The lowest BCUT2D eigenvalue weighted by molar-refractivity contribution is 0.0690. The molecule has 0 radical (unpaired) electrons. The lowest BCUT2D eigenvalue weighted by Crippen LogP contribution is -2.38.